The topological polar surface area (TPSA) is 91.5 Å². The van der Waals surface area contributed by atoms with Gasteiger partial charge in [0, 0.05) is 0 Å². The highest BCUT2D eigenvalue weighted by Gasteiger charge is 2.22. The van der Waals surface area contributed by atoms with Gasteiger partial charge in [0.2, 0.25) is 0 Å². The third-order valence-corrected chi connectivity index (χ3v) is 4.52. The molecule has 1 aliphatic heterocycles. The van der Waals surface area contributed by atoms with Crippen LogP contribution in [0.4, 0.5) is 0 Å². The molecule has 2 N–H and O–H groups in total. The molecule has 0 radical (unpaired) electrons. The minimum absolute atomic E-state index is 0.281. The van der Waals surface area contributed by atoms with Crippen molar-refractivity contribution in [2.45, 2.75) is 19.6 Å². The van der Waals surface area contributed by atoms with Gasteiger partial charge in [0.1, 0.15) is 0 Å². The van der Waals surface area contributed by atoms with E-state index in [0.29, 0.717) is 9.79 Å². The average molecular weight is 252 g/mol. The molecule has 0 saturated heterocycles. The summed E-state index contributed by atoms with van der Waals surface area (Å²) < 4.78 is 0. The largest absolute Gasteiger partial charge is 0.279 e. The second-order valence-electron chi connectivity index (χ2n) is 2.99. The Kier molecular flexibility index (Phi) is 2.11. The second-order valence-corrected chi connectivity index (χ2v) is 5.09. The lowest BCUT2D eigenvalue weighted by Crippen LogP contribution is -2.17. The standard InChI is InChI=1S/C8H4N4O2S2/c13-7-5-3(1-9-11-7)15-4-2-10-12-8(14)6(4)16-5/h1-2H,(H,11,13)(H,12,14). The minimum atomic E-state index is -0.281. The number of hydrogen-bond donors (Lipinski definition) is 2. The van der Waals surface area contributed by atoms with E-state index in [-0.39, 0.29) is 11.1 Å². The fraction of sp³-hybridized carbons (Fsp3) is 0. The molecule has 1 aliphatic rings. The van der Waals surface area contributed by atoms with E-state index in [1.165, 1.54) is 11.8 Å². The van der Waals surface area contributed by atoms with Crippen LogP contribution in [0.3, 0.4) is 0 Å². The summed E-state index contributed by atoms with van der Waals surface area (Å²) in [6.45, 7) is 0. The zero-order valence-electron chi connectivity index (χ0n) is 7.68. The predicted octanol–water partition coefficient (Wildman–Crippen LogP) is 0.469. The van der Waals surface area contributed by atoms with Crippen molar-refractivity contribution in [3.05, 3.63) is 33.1 Å². The number of hydrogen-bond acceptors (Lipinski definition) is 6. The van der Waals surface area contributed by atoms with Gasteiger partial charge in [-0.15, -0.1) is 0 Å². The molecule has 8 heteroatoms. The van der Waals surface area contributed by atoms with E-state index < -0.39 is 0 Å². The lowest BCUT2D eigenvalue weighted by molar-refractivity contribution is 0.866. The van der Waals surface area contributed by atoms with Crippen LogP contribution in [0.1, 0.15) is 0 Å². The first-order valence-electron chi connectivity index (χ1n) is 4.27. The molecular formula is C8H4N4O2S2. The van der Waals surface area contributed by atoms with E-state index in [9.17, 15) is 9.59 Å². The third-order valence-electron chi connectivity index (χ3n) is 1.98. The maximum atomic E-state index is 11.5. The molecule has 0 aromatic carbocycles. The molecule has 3 heterocycles. The Bertz CT molecular complexity index is 621. The van der Waals surface area contributed by atoms with Crippen LogP contribution in [0.5, 0.6) is 0 Å². The number of H-pyrrole nitrogens is 2. The second kappa shape index (κ2) is 3.49. The third kappa shape index (κ3) is 1.38. The van der Waals surface area contributed by atoms with Gasteiger partial charge in [-0.1, -0.05) is 23.5 Å². The van der Waals surface area contributed by atoms with Crippen molar-refractivity contribution in [2.24, 2.45) is 0 Å². The van der Waals surface area contributed by atoms with Crippen molar-refractivity contribution < 1.29 is 0 Å². The fourth-order valence-corrected chi connectivity index (χ4v) is 3.41. The summed E-state index contributed by atoms with van der Waals surface area (Å²) in [4.78, 5) is 25.5. The molecule has 2 aromatic rings. The van der Waals surface area contributed by atoms with Crippen LogP contribution in [-0.4, -0.2) is 20.4 Å². The first kappa shape index (κ1) is 9.67. The SMILES string of the molecule is O=c1[nH]ncc2c1Sc1c(cn[nH]c1=O)S2. The van der Waals surface area contributed by atoms with Gasteiger partial charge in [0.05, 0.1) is 32.0 Å². The van der Waals surface area contributed by atoms with Crippen LogP contribution < -0.4 is 11.1 Å². The highest BCUT2D eigenvalue weighted by Crippen LogP contribution is 2.43. The first-order valence-corrected chi connectivity index (χ1v) is 5.90. The van der Waals surface area contributed by atoms with Gasteiger partial charge in [0.15, 0.2) is 0 Å². The van der Waals surface area contributed by atoms with Crippen molar-refractivity contribution in [3.8, 4) is 0 Å². The van der Waals surface area contributed by atoms with Crippen LogP contribution in [0.2, 0.25) is 0 Å². The zero-order valence-corrected chi connectivity index (χ0v) is 9.32. The Morgan fingerprint density at radius 3 is 1.88 bits per heavy atom. The van der Waals surface area contributed by atoms with Crippen LogP contribution in [0, 0.1) is 0 Å². The minimum Gasteiger partial charge on any atom is -0.267 e. The number of fused-ring (bicyclic) bond motifs is 2. The van der Waals surface area contributed by atoms with Crippen molar-refractivity contribution in [1.82, 2.24) is 20.4 Å². The molecule has 0 atom stereocenters. The highest BCUT2D eigenvalue weighted by molar-refractivity contribution is 8.05. The zero-order chi connectivity index (χ0) is 11.1. The van der Waals surface area contributed by atoms with Gasteiger partial charge in [-0.3, -0.25) is 9.59 Å². The van der Waals surface area contributed by atoms with Gasteiger partial charge < -0.3 is 0 Å². The van der Waals surface area contributed by atoms with Crippen LogP contribution >= 0.6 is 23.5 Å². The normalized spacial score (nSPS) is 13.0. The smallest absolute Gasteiger partial charge is 0.267 e. The summed E-state index contributed by atoms with van der Waals surface area (Å²) in [5.41, 5.74) is -0.561. The van der Waals surface area contributed by atoms with Gasteiger partial charge in [-0.05, 0) is 0 Å². The Morgan fingerprint density at radius 2 is 1.38 bits per heavy atom. The Labute approximate surface area is 96.9 Å². The van der Waals surface area contributed by atoms with E-state index in [1.807, 2.05) is 0 Å². The molecule has 0 bridgehead atoms. The molecule has 3 rings (SSSR count). The number of rotatable bonds is 0. The average Bonchev–Trinajstić information content (AvgIpc) is 2.28. The molecule has 0 unspecified atom stereocenters. The molecule has 0 aliphatic carbocycles. The summed E-state index contributed by atoms with van der Waals surface area (Å²) in [6.07, 6.45) is 3.14. The molecular weight excluding hydrogens is 248 g/mol. The summed E-state index contributed by atoms with van der Waals surface area (Å²) in [7, 11) is 0. The molecule has 6 nitrogen and oxygen atoms in total. The fourth-order valence-electron chi connectivity index (χ4n) is 1.30. The van der Waals surface area contributed by atoms with E-state index >= 15 is 0 Å². The van der Waals surface area contributed by atoms with E-state index in [2.05, 4.69) is 20.4 Å². The van der Waals surface area contributed by atoms with E-state index in [4.69, 9.17) is 0 Å². The lowest BCUT2D eigenvalue weighted by atomic mass is 10.5. The molecule has 0 spiro atoms. The van der Waals surface area contributed by atoms with Crippen LogP contribution in [0.15, 0.2) is 41.6 Å². The van der Waals surface area contributed by atoms with Crippen LogP contribution in [0.25, 0.3) is 0 Å². The number of aromatic amines is 2. The maximum absolute atomic E-state index is 11.5. The molecule has 80 valence electrons. The molecule has 0 amide bonds. The van der Waals surface area contributed by atoms with E-state index in [0.717, 1.165) is 21.6 Å². The first-order chi connectivity index (χ1) is 7.75. The van der Waals surface area contributed by atoms with Crippen molar-refractivity contribution in [2.75, 3.05) is 0 Å². The number of nitrogens with zero attached hydrogens (tertiary/aromatic N) is 2. The molecule has 2 aromatic heterocycles. The Morgan fingerprint density at radius 1 is 0.875 bits per heavy atom. The van der Waals surface area contributed by atoms with Gasteiger partial charge in [0.25, 0.3) is 11.1 Å². The van der Waals surface area contributed by atoms with E-state index in [1.54, 1.807) is 12.4 Å². The molecule has 0 saturated carbocycles. The Balaban J connectivity index is 2.25. The summed E-state index contributed by atoms with van der Waals surface area (Å²) >= 11 is 2.47. The summed E-state index contributed by atoms with van der Waals surface area (Å²) in [6, 6.07) is 0. The molecule has 16 heavy (non-hydrogen) atoms. The van der Waals surface area contributed by atoms with Gasteiger partial charge in [-0.25, -0.2) is 10.2 Å². The predicted molar refractivity (Wildman–Crippen MR) is 58.0 cm³/mol. The van der Waals surface area contributed by atoms with Crippen molar-refractivity contribution >= 4 is 23.5 Å². The highest BCUT2D eigenvalue weighted by atomic mass is 32.2. The lowest BCUT2D eigenvalue weighted by Gasteiger charge is -2.14. The number of aromatic nitrogens is 4. The molecule has 0 fully saturated rings. The van der Waals surface area contributed by atoms with Crippen molar-refractivity contribution in [3.63, 3.8) is 0 Å². The van der Waals surface area contributed by atoms with Gasteiger partial charge in [-0.2, -0.15) is 10.2 Å². The Hall–Kier alpha value is -1.54. The van der Waals surface area contributed by atoms with Crippen molar-refractivity contribution in [1.29, 1.82) is 0 Å². The number of nitrogens with one attached hydrogen (secondary N) is 2. The van der Waals surface area contributed by atoms with Crippen LogP contribution in [-0.2, 0) is 0 Å². The summed E-state index contributed by atoms with van der Waals surface area (Å²) in [5.74, 6) is 0. The quantitative estimate of drug-likeness (QED) is 0.604. The summed E-state index contributed by atoms with van der Waals surface area (Å²) in [5, 5.41) is 12.1. The monoisotopic (exact) mass is 252 g/mol. The maximum Gasteiger partial charge on any atom is 0.279 e. The van der Waals surface area contributed by atoms with Gasteiger partial charge >= 0.3 is 0 Å².